The lowest BCUT2D eigenvalue weighted by atomic mass is 10.0. The van der Waals surface area contributed by atoms with Crippen molar-refractivity contribution in [2.75, 3.05) is 19.6 Å². The molecular formula is C14H22N2O4. The van der Waals surface area contributed by atoms with Crippen molar-refractivity contribution in [3.8, 4) is 0 Å². The van der Waals surface area contributed by atoms with Crippen LogP contribution in [0.25, 0.3) is 0 Å². The van der Waals surface area contributed by atoms with Gasteiger partial charge in [0.05, 0.1) is 6.54 Å². The summed E-state index contributed by atoms with van der Waals surface area (Å²) in [4.78, 5) is 38.4. The zero-order valence-electron chi connectivity index (χ0n) is 11.7. The summed E-state index contributed by atoms with van der Waals surface area (Å²) in [6.45, 7) is 1.12. The molecule has 0 spiro atoms. The van der Waals surface area contributed by atoms with Crippen LogP contribution in [-0.4, -0.2) is 58.4 Å². The van der Waals surface area contributed by atoms with Gasteiger partial charge in [-0.2, -0.15) is 0 Å². The molecule has 1 N–H and O–H groups in total. The smallest absolute Gasteiger partial charge is 0.326 e. The van der Waals surface area contributed by atoms with Crippen LogP contribution in [0.15, 0.2) is 0 Å². The summed E-state index contributed by atoms with van der Waals surface area (Å²) in [6.07, 6.45) is 5.49. The molecule has 0 bridgehead atoms. The molecule has 112 valence electrons. The Morgan fingerprint density at radius 3 is 2.60 bits per heavy atom. The maximum Gasteiger partial charge on any atom is 0.326 e. The lowest BCUT2D eigenvalue weighted by Gasteiger charge is -2.34. The van der Waals surface area contributed by atoms with Crippen LogP contribution in [0.5, 0.6) is 0 Å². The zero-order chi connectivity index (χ0) is 14.5. The number of nitrogens with zero attached hydrogens (tertiary/aromatic N) is 2. The van der Waals surface area contributed by atoms with Crippen LogP contribution >= 0.6 is 0 Å². The van der Waals surface area contributed by atoms with Gasteiger partial charge in [0.2, 0.25) is 11.8 Å². The molecule has 2 fully saturated rings. The molecule has 1 atom stereocenters. The highest BCUT2D eigenvalue weighted by molar-refractivity contribution is 5.88. The summed E-state index contributed by atoms with van der Waals surface area (Å²) in [7, 11) is 0. The van der Waals surface area contributed by atoms with E-state index < -0.39 is 12.0 Å². The number of carboxylic acids is 1. The van der Waals surface area contributed by atoms with Gasteiger partial charge in [-0.1, -0.05) is 6.42 Å². The predicted molar refractivity (Wildman–Crippen MR) is 72.0 cm³/mol. The Morgan fingerprint density at radius 2 is 1.85 bits per heavy atom. The number of carbonyl (C=O) groups is 3. The van der Waals surface area contributed by atoms with Gasteiger partial charge in [0.25, 0.3) is 0 Å². The first kappa shape index (κ1) is 14.8. The van der Waals surface area contributed by atoms with E-state index in [-0.39, 0.29) is 18.4 Å². The van der Waals surface area contributed by atoms with Crippen LogP contribution in [0.3, 0.4) is 0 Å². The SMILES string of the molecule is O=C(O)[C@@H]1CCCCN1C(=O)CN1CCCCCC1=O. The summed E-state index contributed by atoms with van der Waals surface area (Å²) in [5.74, 6) is -1.16. The molecular weight excluding hydrogens is 260 g/mol. The van der Waals surface area contributed by atoms with E-state index >= 15 is 0 Å². The standard InChI is InChI=1S/C14H22N2O4/c17-12-7-2-1-4-8-15(12)10-13(18)16-9-5-3-6-11(16)14(19)20/h11H,1-10H2,(H,19,20)/t11-/m0/s1. The number of rotatable bonds is 3. The fourth-order valence-electron chi connectivity index (χ4n) is 2.95. The lowest BCUT2D eigenvalue weighted by Crippen LogP contribution is -2.51. The largest absolute Gasteiger partial charge is 0.480 e. The Balaban J connectivity index is 1.98. The number of hydrogen-bond acceptors (Lipinski definition) is 3. The molecule has 2 aliphatic rings. The summed E-state index contributed by atoms with van der Waals surface area (Å²) in [6, 6.07) is -0.724. The number of piperidine rings is 1. The van der Waals surface area contributed by atoms with Gasteiger partial charge in [-0.3, -0.25) is 9.59 Å². The van der Waals surface area contributed by atoms with E-state index in [2.05, 4.69) is 0 Å². The second-order valence-electron chi connectivity index (χ2n) is 5.56. The van der Waals surface area contributed by atoms with Crippen molar-refractivity contribution in [2.45, 2.75) is 51.0 Å². The first-order valence-electron chi connectivity index (χ1n) is 7.39. The summed E-state index contributed by atoms with van der Waals surface area (Å²) >= 11 is 0. The van der Waals surface area contributed by atoms with E-state index in [1.54, 1.807) is 4.90 Å². The fraction of sp³-hybridized carbons (Fsp3) is 0.786. The van der Waals surface area contributed by atoms with Gasteiger partial charge in [-0.15, -0.1) is 0 Å². The molecule has 2 rings (SSSR count). The van der Waals surface area contributed by atoms with E-state index in [1.165, 1.54) is 4.90 Å². The Bertz CT molecular complexity index is 397. The maximum absolute atomic E-state index is 12.3. The van der Waals surface area contributed by atoms with Gasteiger partial charge in [-0.05, 0) is 32.1 Å². The lowest BCUT2D eigenvalue weighted by molar-refractivity contribution is -0.153. The van der Waals surface area contributed by atoms with Gasteiger partial charge in [0.1, 0.15) is 6.04 Å². The Kier molecular flexibility index (Phi) is 4.98. The minimum absolute atomic E-state index is 0.0136. The van der Waals surface area contributed by atoms with Crippen molar-refractivity contribution >= 4 is 17.8 Å². The molecule has 0 aromatic rings. The quantitative estimate of drug-likeness (QED) is 0.832. The number of likely N-dealkylation sites (tertiary alicyclic amines) is 2. The number of carboxylic acid groups (broad SMARTS) is 1. The number of hydrogen-bond donors (Lipinski definition) is 1. The molecule has 0 unspecified atom stereocenters. The van der Waals surface area contributed by atoms with E-state index in [4.69, 9.17) is 0 Å². The first-order valence-corrected chi connectivity index (χ1v) is 7.39. The van der Waals surface area contributed by atoms with E-state index in [9.17, 15) is 19.5 Å². The molecule has 2 saturated heterocycles. The van der Waals surface area contributed by atoms with Crippen LogP contribution in [0.1, 0.15) is 44.9 Å². The van der Waals surface area contributed by atoms with E-state index in [0.29, 0.717) is 25.9 Å². The molecule has 6 heteroatoms. The first-order chi connectivity index (χ1) is 9.59. The van der Waals surface area contributed by atoms with Gasteiger partial charge < -0.3 is 14.9 Å². The molecule has 0 aromatic heterocycles. The highest BCUT2D eigenvalue weighted by atomic mass is 16.4. The third-order valence-electron chi connectivity index (χ3n) is 4.11. The van der Waals surface area contributed by atoms with E-state index in [1.807, 2.05) is 0 Å². The molecule has 2 amide bonds. The molecule has 20 heavy (non-hydrogen) atoms. The van der Waals surface area contributed by atoms with Crippen LogP contribution in [-0.2, 0) is 14.4 Å². The van der Waals surface area contributed by atoms with Crippen LogP contribution in [0, 0.1) is 0 Å². The van der Waals surface area contributed by atoms with Crippen LogP contribution in [0.4, 0.5) is 0 Å². The van der Waals surface area contributed by atoms with E-state index in [0.717, 1.165) is 32.1 Å². The monoisotopic (exact) mass is 282 g/mol. The topological polar surface area (TPSA) is 77.9 Å². The predicted octanol–water partition coefficient (Wildman–Crippen LogP) is 0.855. The molecule has 0 radical (unpaired) electrons. The number of carbonyl (C=O) groups excluding carboxylic acids is 2. The normalized spacial score (nSPS) is 24.4. The summed E-state index contributed by atoms with van der Waals surface area (Å²) < 4.78 is 0. The molecule has 6 nitrogen and oxygen atoms in total. The second-order valence-corrected chi connectivity index (χ2v) is 5.56. The minimum Gasteiger partial charge on any atom is -0.480 e. The highest BCUT2D eigenvalue weighted by Gasteiger charge is 2.33. The average Bonchev–Trinajstić information content (AvgIpc) is 2.64. The maximum atomic E-state index is 12.3. The fourth-order valence-corrected chi connectivity index (χ4v) is 2.95. The molecule has 0 saturated carbocycles. The Morgan fingerprint density at radius 1 is 1.10 bits per heavy atom. The molecule has 0 aromatic carbocycles. The van der Waals surface area contributed by atoms with Crippen molar-refractivity contribution in [1.82, 2.24) is 9.80 Å². The Labute approximate surface area is 118 Å². The average molecular weight is 282 g/mol. The molecule has 0 aliphatic carbocycles. The molecule has 2 heterocycles. The van der Waals surface area contributed by atoms with Crippen molar-refractivity contribution in [3.63, 3.8) is 0 Å². The zero-order valence-corrected chi connectivity index (χ0v) is 11.7. The minimum atomic E-state index is -0.944. The van der Waals surface area contributed by atoms with Crippen molar-refractivity contribution in [3.05, 3.63) is 0 Å². The van der Waals surface area contributed by atoms with Gasteiger partial charge >= 0.3 is 5.97 Å². The molecule has 2 aliphatic heterocycles. The van der Waals surface area contributed by atoms with Gasteiger partial charge in [0.15, 0.2) is 0 Å². The second kappa shape index (κ2) is 6.72. The van der Waals surface area contributed by atoms with Gasteiger partial charge in [0, 0.05) is 19.5 Å². The highest BCUT2D eigenvalue weighted by Crippen LogP contribution is 2.18. The number of amides is 2. The van der Waals surface area contributed by atoms with Gasteiger partial charge in [-0.25, -0.2) is 4.79 Å². The summed E-state index contributed by atoms with van der Waals surface area (Å²) in [5, 5.41) is 9.19. The van der Waals surface area contributed by atoms with Crippen LogP contribution in [0.2, 0.25) is 0 Å². The third kappa shape index (κ3) is 3.49. The van der Waals surface area contributed by atoms with Crippen molar-refractivity contribution in [1.29, 1.82) is 0 Å². The summed E-state index contributed by atoms with van der Waals surface area (Å²) in [5.41, 5.74) is 0. The van der Waals surface area contributed by atoms with Crippen LogP contribution < -0.4 is 0 Å². The Hall–Kier alpha value is -1.59. The van der Waals surface area contributed by atoms with Crippen molar-refractivity contribution < 1.29 is 19.5 Å². The third-order valence-corrected chi connectivity index (χ3v) is 4.11. The number of aliphatic carboxylic acids is 1. The van der Waals surface area contributed by atoms with Crippen molar-refractivity contribution in [2.24, 2.45) is 0 Å².